The Bertz CT molecular complexity index is 806. The fourth-order valence-electron chi connectivity index (χ4n) is 2.02. The van der Waals surface area contributed by atoms with Gasteiger partial charge in [0.05, 0.1) is 3.57 Å². The molecule has 0 radical (unpaired) electrons. The van der Waals surface area contributed by atoms with Crippen LogP contribution in [0.25, 0.3) is 11.4 Å². The van der Waals surface area contributed by atoms with E-state index in [4.69, 9.17) is 4.74 Å². The highest BCUT2D eigenvalue weighted by atomic mass is 127. The molecular weight excluding hydrogens is 389 g/mol. The first-order chi connectivity index (χ1) is 10.6. The Kier molecular flexibility index (Phi) is 4.33. The lowest BCUT2D eigenvalue weighted by molar-refractivity contribution is 0.458. The summed E-state index contributed by atoms with van der Waals surface area (Å²) < 4.78 is 7.00. The molecule has 22 heavy (non-hydrogen) atoms. The third kappa shape index (κ3) is 3.41. The summed E-state index contributed by atoms with van der Waals surface area (Å²) in [5, 5.41) is 0. The van der Waals surface area contributed by atoms with Gasteiger partial charge in [-0.3, -0.25) is 4.98 Å². The van der Waals surface area contributed by atoms with Crippen LogP contribution in [-0.2, 0) is 0 Å². The predicted octanol–water partition coefficient (Wildman–Crippen LogP) is 4.55. The zero-order chi connectivity index (χ0) is 15.5. The average Bonchev–Trinajstić information content (AvgIpc) is 2.51. The number of hydrogen-bond acceptors (Lipinski definition) is 4. The van der Waals surface area contributed by atoms with Crippen molar-refractivity contribution in [2.24, 2.45) is 0 Å². The van der Waals surface area contributed by atoms with Gasteiger partial charge in [0, 0.05) is 29.7 Å². The maximum absolute atomic E-state index is 5.95. The number of ether oxygens (including phenoxy) is 1. The van der Waals surface area contributed by atoms with E-state index in [0.29, 0.717) is 11.7 Å². The van der Waals surface area contributed by atoms with Crippen LogP contribution in [0.4, 0.5) is 0 Å². The molecule has 0 unspecified atom stereocenters. The fourth-order valence-corrected chi connectivity index (χ4v) is 2.46. The van der Waals surface area contributed by atoms with Crippen molar-refractivity contribution >= 4 is 22.6 Å². The van der Waals surface area contributed by atoms with Crippen LogP contribution in [0.2, 0.25) is 0 Å². The second kappa shape index (κ2) is 6.39. The third-order valence-corrected chi connectivity index (χ3v) is 3.94. The van der Waals surface area contributed by atoms with Crippen molar-refractivity contribution in [1.82, 2.24) is 15.0 Å². The van der Waals surface area contributed by atoms with Gasteiger partial charge in [0.25, 0.3) is 0 Å². The summed E-state index contributed by atoms with van der Waals surface area (Å²) in [4.78, 5) is 13.1. The van der Waals surface area contributed by atoms with Crippen LogP contribution in [0, 0.1) is 17.4 Å². The number of hydrogen-bond donors (Lipinski definition) is 0. The van der Waals surface area contributed by atoms with E-state index in [-0.39, 0.29) is 0 Å². The standard InChI is InChI=1S/C17H14IN3O/c1-11-5-6-14(18)15(8-11)22-16-9-12(2)20-17(21-16)13-4-3-7-19-10-13/h3-10H,1-2H3. The molecule has 0 fully saturated rings. The Morgan fingerprint density at radius 3 is 2.68 bits per heavy atom. The molecule has 3 rings (SSSR count). The quantitative estimate of drug-likeness (QED) is 0.602. The van der Waals surface area contributed by atoms with Crippen molar-refractivity contribution < 1.29 is 4.74 Å². The number of benzene rings is 1. The summed E-state index contributed by atoms with van der Waals surface area (Å²) in [7, 11) is 0. The Morgan fingerprint density at radius 1 is 1.05 bits per heavy atom. The second-order valence-electron chi connectivity index (χ2n) is 4.95. The molecule has 0 N–H and O–H groups in total. The Balaban J connectivity index is 1.98. The van der Waals surface area contributed by atoms with Crippen molar-refractivity contribution in [3.05, 3.63) is 63.6 Å². The highest BCUT2D eigenvalue weighted by Gasteiger charge is 2.09. The summed E-state index contributed by atoms with van der Waals surface area (Å²) >= 11 is 2.25. The van der Waals surface area contributed by atoms with Gasteiger partial charge in [0.15, 0.2) is 5.82 Å². The van der Waals surface area contributed by atoms with Gasteiger partial charge in [0.1, 0.15) is 5.75 Å². The van der Waals surface area contributed by atoms with Crippen LogP contribution in [0.3, 0.4) is 0 Å². The van der Waals surface area contributed by atoms with Gasteiger partial charge >= 0.3 is 0 Å². The molecule has 1 aromatic carbocycles. The molecule has 4 nitrogen and oxygen atoms in total. The molecule has 0 atom stereocenters. The maximum atomic E-state index is 5.95. The smallest absolute Gasteiger partial charge is 0.223 e. The Labute approximate surface area is 142 Å². The lowest BCUT2D eigenvalue weighted by Gasteiger charge is -2.10. The van der Waals surface area contributed by atoms with Crippen molar-refractivity contribution in [2.75, 3.05) is 0 Å². The molecule has 0 aliphatic carbocycles. The van der Waals surface area contributed by atoms with Crippen LogP contribution in [0.5, 0.6) is 11.6 Å². The molecule has 0 aliphatic rings. The number of aromatic nitrogens is 3. The second-order valence-corrected chi connectivity index (χ2v) is 6.11. The zero-order valence-corrected chi connectivity index (χ0v) is 14.4. The monoisotopic (exact) mass is 403 g/mol. The van der Waals surface area contributed by atoms with Crippen LogP contribution in [-0.4, -0.2) is 15.0 Å². The molecule has 0 saturated heterocycles. The topological polar surface area (TPSA) is 47.9 Å². The molecule has 0 saturated carbocycles. The van der Waals surface area contributed by atoms with Crippen LogP contribution >= 0.6 is 22.6 Å². The molecule has 110 valence electrons. The van der Waals surface area contributed by atoms with Gasteiger partial charge in [-0.05, 0) is 66.3 Å². The Morgan fingerprint density at radius 2 is 1.91 bits per heavy atom. The first-order valence-corrected chi connectivity index (χ1v) is 7.90. The van der Waals surface area contributed by atoms with Crippen LogP contribution in [0.15, 0.2) is 48.8 Å². The lowest BCUT2D eigenvalue weighted by atomic mass is 10.2. The third-order valence-electron chi connectivity index (χ3n) is 3.05. The minimum absolute atomic E-state index is 0.537. The number of rotatable bonds is 3. The molecule has 0 aliphatic heterocycles. The molecule has 3 aromatic rings. The molecule has 0 spiro atoms. The number of halogens is 1. The molecular formula is C17H14IN3O. The largest absolute Gasteiger partial charge is 0.438 e. The summed E-state index contributed by atoms with van der Waals surface area (Å²) in [6.07, 6.45) is 3.47. The van der Waals surface area contributed by atoms with E-state index in [1.165, 1.54) is 0 Å². The molecule has 0 amide bonds. The zero-order valence-electron chi connectivity index (χ0n) is 12.2. The fraction of sp³-hybridized carbons (Fsp3) is 0.118. The van der Waals surface area contributed by atoms with Crippen molar-refractivity contribution in [3.8, 4) is 23.0 Å². The van der Waals surface area contributed by atoms with E-state index in [1.54, 1.807) is 12.4 Å². The Hall–Kier alpha value is -2.02. The van der Waals surface area contributed by atoms with E-state index in [9.17, 15) is 0 Å². The van der Waals surface area contributed by atoms with E-state index in [0.717, 1.165) is 26.1 Å². The van der Waals surface area contributed by atoms with Crippen molar-refractivity contribution in [1.29, 1.82) is 0 Å². The summed E-state index contributed by atoms with van der Waals surface area (Å²) in [5.41, 5.74) is 2.87. The highest BCUT2D eigenvalue weighted by molar-refractivity contribution is 14.1. The number of nitrogens with zero attached hydrogens (tertiary/aromatic N) is 3. The molecule has 2 heterocycles. The van der Waals surface area contributed by atoms with Gasteiger partial charge in [0.2, 0.25) is 5.88 Å². The lowest BCUT2D eigenvalue weighted by Crippen LogP contribution is -1.97. The van der Waals surface area contributed by atoms with E-state index in [2.05, 4.69) is 43.6 Å². The average molecular weight is 403 g/mol. The summed E-state index contributed by atoms with van der Waals surface area (Å²) in [6.45, 7) is 3.96. The minimum Gasteiger partial charge on any atom is -0.438 e. The highest BCUT2D eigenvalue weighted by Crippen LogP contribution is 2.28. The SMILES string of the molecule is Cc1ccc(I)c(Oc2cc(C)nc(-c3cccnc3)n2)c1. The van der Waals surface area contributed by atoms with Crippen LogP contribution < -0.4 is 4.74 Å². The molecule has 5 heteroatoms. The van der Waals surface area contributed by atoms with Crippen LogP contribution in [0.1, 0.15) is 11.3 Å². The van der Waals surface area contributed by atoms with Crippen molar-refractivity contribution in [2.45, 2.75) is 13.8 Å². The van der Waals surface area contributed by atoms with Gasteiger partial charge in [-0.1, -0.05) is 6.07 Å². The van der Waals surface area contributed by atoms with E-state index in [1.807, 2.05) is 44.2 Å². The number of aryl methyl sites for hydroxylation is 2. The summed E-state index contributed by atoms with van der Waals surface area (Å²) in [6, 6.07) is 11.7. The van der Waals surface area contributed by atoms with Crippen molar-refractivity contribution in [3.63, 3.8) is 0 Å². The summed E-state index contributed by atoms with van der Waals surface area (Å²) in [5.74, 6) is 1.96. The predicted molar refractivity (Wildman–Crippen MR) is 94.0 cm³/mol. The van der Waals surface area contributed by atoms with Gasteiger partial charge in [-0.2, -0.15) is 4.98 Å². The van der Waals surface area contributed by atoms with Gasteiger partial charge in [-0.15, -0.1) is 0 Å². The van der Waals surface area contributed by atoms with E-state index < -0.39 is 0 Å². The normalized spacial score (nSPS) is 10.5. The first kappa shape index (κ1) is 14.9. The minimum atomic E-state index is 0.537. The number of pyridine rings is 1. The van der Waals surface area contributed by atoms with Gasteiger partial charge < -0.3 is 4.74 Å². The maximum Gasteiger partial charge on any atom is 0.223 e. The van der Waals surface area contributed by atoms with Gasteiger partial charge in [-0.25, -0.2) is 4.98 Å². The molecule has 0 bridgehead atoms. The first-order valence-electron chi connectivity index (χ1n) is 6.82. The van der Waals surface area contributed by atoms with E-state index >= 15 is 0 Å². The molecule has 2 aromatic heterocycles.